The number of sulfonamides is 1. The summed E-state index contributed by atoms with van der Waals surface area (Å²) >= 11 is 0. The molecule has 11 heteroatoms. The van der Waals surface area contributed by atoms with E-state index in [1.165, 1.54) is 44.4 Å². The molecule has 0 saturated carbocycles. The molecule has 0 aliphatic carbocycles. The van der Waals surface area contributed by atoms with Crippen LogP contribution in [0.4, 0.5) is 25.8 Å². The number of para-hydroxylation sites is 2. The van der Waals surface area contributed by atoms with Crippen LogP contribution in [0.3, 0.4) is 0 Å². The summed E-state index contributed by atoms with van der Waals surface area (Å²) in [6.07, 6.45) is 0. The molecule has 0 aliphatic heterocycles. The number of anilines is 3. The molecule has 2 aromatic rings. The molecule has 0 fully saturated rings. The molecule has 0 spiro atoms. The third kappa shape index (κ3) is 6.04. The fourth-order valence-electron chi connectivity index (χ4n) is 2.52. The molecule has 0 aliphatic rings. The minimum atomic E-state index is -3.66. The van der Waals surface area contributed by atoms with E-state index in [0.29, 0.717) is 17.9 Å². The summed E-state index contributed by atoms with van der Waals surface area (Å²) in [5.41, 5.74) is 1.12. The molecule has 0 aromatic heterocycles. The molecule has 0 atom stereocenters. The average molecular weight is 442 g/mol. The Hall–Kier alpha value is -2.92. The van der Waals surface area contributed by atoms with Gasteiger partial charge in [0.2, 0.25) is 15.9 Å². The van der Waals surface area contributed by atoms with E-state index < -0.39 is 22.5 Å². The predicted octanol–water partition coefficient (Wildman–Crippen LogP) is 3.02. The summed E-state index contributed by atoms with van der Waals surface area (Å²) < 4.78 is 55.3. The Morgan fingerprint density at radius 3 is 2.40 bits per heavy atom. The first kappa shape index (κ1) is 23.4. The summed E-state index contributed by atoms with van der Waals surface area (Å²) in [5, 5.41) is 8.46. The number of carbonyl (C=O) groups excluding carboxylic acids is 1. The van der Waals surface area contributed by atoms with Crippen LogP contribution in [-0.2, 0) is 14.8 Å². The van der Waals surface area contributed by atoms with Gasteiger partial charge in [0.15, 0.2) is 0 Å². The van der Waals surface area contributed by atoms with E-state index >= 15 is 0 Å². The first-order valence-corrected chi connectivity index (χ1v) is 10.5. The molecular weight excluding hydrogens is 418 g/mol. The number of carbonyl (C=O) groups is 1. The molecule has 0 saturated heterocycles. The molecular formula is C19H24F2N4O4S. The lowest BCUT2D eigenvalue weighted by Gasteiger charge is -2.17. The van der Waals surface area contributed by atoms with Gasteiger partial charge in [-0.05, 0) is 37.3 Å². The third-order valence-electron chi connectivity index (χ3n) is 3.95. The number of alkyl halides is 2. The van der Waals surface area contributed by atoms with Crippen molar-refractivity contribution in [1.29, 1.82) is 0 Å². The molecule has 8 nitrogen and oxygen atoms in total. The van der Waals surface area contributed by atoms with Gasteiger partial charge in [0.1, 0.15) is 5.75 Å². The van der Waals surface area contributed by atoms with Gasteiger partial charge >= 0.3 is 6.61 Å². The number of halogens is 2. The van der Waals surface area contributed by atoms with Crippen molar-refractivity contribution < 1.29 is 26.7 Å². The van der Waals surface area contributed by atoms with Crippen LogP contribution in [0.1, 0.15) is 6.92 Å². The second kappa shape index (κ2) is 10.2. The topological polar surface area (TPSA) is 99.8 Å². The smallest absolute Gasteiger partial charge is 0.387 e. The second-order valence-electron chi connectivity index (χ2n) is 6.30. The molecule has 164 valence electrons. The van der Waals surface area contributed by atoms with Gasteiger partial charge in [-0.15, -0.1) is 0 Å². The number of rotatable bonds is 10. The van der Waals surface area contributed by atoms with Crippen molar-refractivity contribution in [3.63, 3.8) is 0 Å². The normalized spacial score (nSPS) is 11.4. The van der Waals surface area contributed by atoms with Crippen molar-refractivity contribution >= 4 is 33.0 Å². The van der Waals surface area contributed by atoms with Crippen molar-refractivity contribution in [3.05, 3.63) is 42.5 Å². The van der Waals surface area contributed by atoms with Crippen molar-refractivity contribution in [2.24, 2.45) is 0 Å². The van der Waals surface area contributed by atoms with Gasteiger partial charge in [0.05, 0.1) is 28.5 Å². The van der Waals surface area contributed by atoms with Crippen LogP contribution in [0.2, 0.25) is 0 Å². The number of hydrogen-bond acceptors (Lipinski definition) is 6. The van der Waals surface area contributed by atoms with Crippen LogP contribution in [0, 0.1) is 0 Å². The van der Waals surface area contributed by atoms with Gasteiger partial charge in [0.25, 0.3) is 0 Å². The van der Waals surface area contributed by atoms with Crippen LogP contribution < -0.4 is 20.7 Å². The Morgan fingerprint density at radius 1 is 1.07 bits per heavy atom. The maximum atomic E-state index is 12.5. The Kier molecular flexibility index (Phi) is 7.95. The maximum Gasteiger partial charge on any atom is 0.387 e. The SMILES string of the molecule is CCNc1ccc(S(=O)(=O)N(C)C)cc1NCC(=O)Nc1ccccc1OC(F)F. The number of nitrogens with zero attached hydrogens (tertiary/aromatic N) is 1. The highest BCUT2D eigenvalue weighted by molar-refractivity contribution is 7.89. The molecule has 0 unspecified atom stereocenters. The van der Waals surface area contributed by atoms with E-state index in [2.05, 4.69) is 20.7 Å². The van der Waals surface area contributed by atoms with Gasteiger partial charge in [-0.3, -0.25) is 4.79 Å². The molecule has 2 aromatic carbocycles. The summed E-state index contributed by atoms with van der Waals surface area (Å²) in [5.74, 6) is -0.683. The highest BCUT2D eigenvalue weighted by Crippen LogP contribution is 2.27. The number of amides is 1. The maximum absolute atomic E-state index is 12.5. The van der Waals surface area contributed by atoms with E-state index in [-0.39, 0.29) is 22.9 Å². The molecule has 1 amide bonds. The largest absolute Gasteiger partial charge is 0.433 e. The second-order valence-corrected chi connectivity index (χ2v) is 8.45. The highest BCUT2D eigenvalue weighted by Gasteiger charge is 2.19. The number of nitrogens with one attached hydrogen (secondary N) is 3. The Labute approximate surface area is 174 Å². The molecule has 0 radical (unpaired) electrons. The van der Waals surface area contributed by atoms with Crippen LogP contribution in [-0.4, -0.2) is 52.4 Å². The first-order valence-electron chi connectivity index (χ1n) is 9.03. The predicted molar refractivity (Wildman–Crippen MR) is 112 cm³/mol. The zero-order valence-corrected chi connectivity index (χ0v) is 17.6. The molecule has 3 N–H and O–H groups in total. The van der Waals surface area contributed by atoms with Crippen molar-refractivity contribution in [3.8, 4) is 5.75 Å². The fraction of sp³-hybridized carbons (Fsp3) is 0.316. The van der Waals surface area contributed by atoms with Crippen LogP contribution in [0.5, 0.6) is 5.75 Å². The summed E-state index contributed by atoms with van der Waals surface area (Å²) in [4.78, 5) is 12.4. The van der Waals surface area contributed by atoms with Gasteiger partial charge in [-0.2, -0.15) is 8.78 Å². The summed E-state index contributed by atoms with van der Waals surface area (Å²) in [6, 6.07) is 10.3. The van der Waals surface area contributed by atoms with Gasteiger partial charge < -0.3 is 20.7 Å². The lowest BCUT2D eigenvalue weighted by atomic mass is 10.2. The lowest BCUT2D eigenvalue weighted by molar-refractivity contribution is -0.114. The van der Waals surface area contributed by atoms with Gasteiger partial charge in [-0.1, -0.05) is 12.1 Å². The van der Waals surface area contributed by atoms with E-state index in [1.807, 2.05) is 6.92 Å². The minimum Gasteiger partial charge on any atom is -0.433 e. The number of hydrogen-bond donors (Lipinski definition) is 3. The Bertz CT molecular complexity index is 984. The molecule has 30 heavy (non-hydrogen) atoms. The number of ether oxygens (including phenoxy) is 1. The highest BCUT2D eigenvalue weighted by atomic mass is 32.2. The Morgan fingerprint density at radius 2 is 1.77 bits per heavy atom. The van der Waals surface area contributed by atoms with Crippen molar-refractivity contribution in [2.75, 3.05) is 43.1 Å². The third-order valence-corrected chi connectivity index (χ3v) is 5.76. The minimum absolute atomic E-state index is 0.0627. The van der Waals surface area contributed by atoms with Crippen LogP contribution in [0.25, 0.3) is 0 Å². The van der Waals surface area contributed by atoms with Crippen LogP contribution >= 0.6 is 0 Å². The molecule has 0 bridgehead atoms. The van der Waals surface area contributed by atoms with E-state index in [0.717, 1.165) is 4.31 Å². The monoisotopic (exact) mass is 442 g/mol. The first-order chi connectivity index (χ1) is 14.1. The molecule has 0 heterocycles. The summed E-state index contributed by atoms with van der Waals surface area (Å²) in [7, 11) is -0.811. The lowest BCUT2D eigenvalue weighted by Crippen LogP contribution is -2.24. The van der Waals surface area contributed by atoms with E-state index in [9.17, 15) is 22.0 Å². The van der Waals surface area contributed by atoms with Gasteiger partial charge in [0, 0.05) is 20.6 Å². The zero-order chi connectivity index (χ0) is 22.3. The van der Waals surface area contributed by atoms with E-state index in [4.69, 9.17) is 0 Å². The molecule has 2 rings (SSSR count). The van der Waals surface area contributed by atoms with Crippen LogP contribution in [0.15, 0.2) is 47.4 Å². The van der Waals surface area contributed by atoms with Gasteiger partial charge in [-0.25, -0.2) is 12.7 Å². The zero-order valence-electron chi connectivity index (χ0n) is 16.8. The van der Waals surface area contributed by atoms with Crippen molar-refractivity contribution in [2.45, 2.75) is 18.4 Å². The van der Waals surface area contributed by atoms with E-state index in [1.54, 1.807) is 12.1 Å². The Balaban J connectivity index is 2.17. The summed E-state index contributed by atoms with van der Waals surface area (Å²) in [6.45, 7) is -0.794. The standard InChI is InChI=1S/C19H24F2N4O4S/c1-4-22-14-10-9-13(30(27,28)25(2)3)11-16(14)23-12-18(26)24-15-7-5-6-8-17(15)29-19(20)21/h5-11,19,22-23H,4,12H2,1-3H3,(H,24,26). The van der Waals surface area contributed by atoms with Crippen molar-refractivity contribution in [1.82, 2.24) is 4.31 Å². The average Bonchev–Trinajstić information content (AvgIpc) is 2.68. The fourth-order valence-corrected chi connectivity index (χ4v) is 3.45. The number of benzene rings is 2. The quantitative estimate of drug-likeness (QED) is 0.523.